The van der Waals surface area contributed by atoms with E-state index in [0.29, 0.717) is 22.8 Å². The maximum atomic E-state index is 14.3. The fraction of sp³-hybridized carbons (Fsp3) is 0.250. The van der Waals surface area contributed by atoms with Crippen molar-refractivity contribution in [2.24, 2.45) is 4.99 Å². The number of methoxy groups -OCH3 is 2. The third-order valence-corrected chi connectivity index (χ3v) is 5.53. The summed E-state index contributed by atoms with van der Waals surface area (Å²) in [5.41, 5.74) is 0.271. The largest absolute Gasteiger partial charge is 0.497 e. The van der Waals surface area contributed by atoms with Gasteiger partial charge in [-0.05, 0) is 30.7 Å². The zero-order chi connectivity index (χ0) is 22.0. The standard InChI is InChI=1S/C20H18F2N2O5S/c1-4-14(19(26)27)24-15-6-5-13(21)16(22)17(15)30-20(24)23-18(25)10-7-11(28-2)9-12(8-10)29-3/h5-9,14H,4H2,1-3H3,(H,26,27). The fourth-order valence-electron chi connectivity index (χ4n) is 2.98. The van der Waals surface area contributed by atoms with Crippen LogP contribution in [0.1, 0.15) is 29.7 Å². The molecule has 3 rings (SSSR count). The van der Waals surface area contributed by atoms with Gasteiger partial charge >= 0.3 is 5.97 Å². The summed E-state index contributed by atoms with van der Waals surface area (Å²) in [6.07, 6.45) is 0.147. The maximum absolute atomic E-state index is 14.3. The number of thiazole rings is 1. The molecule has 1 aromatic heterocycles. The lowest BCUT2D eigenvalue weighted by atomic mass is 10.2. The first kappa shape index (κ1) is 21.4. The molecule has 1 amide bonds. The summed E-state index contributed by atoms with van der Waals surface area (Å²) in [5.74, 6) is -3.37. The Labute approximate surface area is 173 Å². The van der Waals surface area contributed by atoms with Gasteiger partial charge in [0.15, 0.2) is 16.4 Å². The molecule has 1 unspecified atom stereocenters. The number of carboxylic acid groups (broad SMARTS) is 1. The topological polar surface area (TPSA) is 90.1 Å². The van der Waals surface area contributed by atoms with Gasteiger partial charge in [0.1, 0.15) is 17.5 Å². The van der Waals surface area contributed by atoms with Crippen LogP contribution >= 0.6 is 11.3 Å². The van der Waals surface area contributed by atoms with Gasteiger partial charge < -0.3 is 19.1 Å². The molecule has 1 N–H and O–H groups in total. The number of ether oxygens (including phenoxy) is 2. The zero-order valence-electron chi connectivity index (χ0n) is 16.3. The van der Waals surface area contributed by atoms with Crippen molar-refractivity contribution < 1.29 is 33.0 Å². The number of nitrogens with zero attached hydrogens (tertiary/aromatic N) is 2. The van der Waals surface area contributed by atoms with E-state index in [4.69, 9.17) is 9.47 Å². The van der Waals surface area contributed by atoms with Crippen LogP contribution in [-0.4, -0.2) is 35.8 Å². The van der Waals surface area contributed by atoms with Crippen LogP contribution in [0.5, 0.6) is 11.5 Å². The molecule has 0 aliphatic heterocycles. The van der Waals surface area contributed by atoms with Gasteiger partial charge in [0.2, 0.25) is 0 Å². The quantitative estimate of drug-likeness (QED) is 0.635. The lowest BCUT2D eigenvalue weighted by molar-refractivity contribution is -0.140. The number of carbonyl (C=O) groups excluding carboxylic acids is 1. The Bertz CT molecular complexity index is 1180. The SMILES string of the molecule is CCC(C(=O)O)n1c(=NC(=O)c2cc(OC)cc(OC)c2)sc2c(F)c(F)ccc21. The number of aliphatic carboxylic acids is 1. The minimum Gasteiger partial charge on any atom is -0.497 e. The average Bonchev–Trinajstić information content (AvgIpc) is 3.09. The molecular formula is C20H18F2N2O5S. The van der Waals surface area contributed by atoms with Crippen molar-refractivity contribution in [1.82, 2.24) is 4.57 Å². The maximum Gasteiger partial charge on any atom is 0.326 e. The number of fused-ring (bicyclic) bond motifs is 1. The molecule has 10 heteroatoms. The predicted octanol–water partition coefficient (Wildman–Crippen LogP) is 3.78. The molecule has 158 valence electrons. The summed E-state index contributed by atoms with van der Waals surface area (Å²) in [7, 11) is 2.85. The van der Waals surface area contributed by atoms with Crippen LogP contribution in [0.3, 0.4) is 0 Å². The van der Waals surface area contributed by atoms with Crippen LogP contribution < -0.4 is 14.3 Å². The Morgan fingerprint density at radius 1 is 1.17 bits per heavy atom. The Balaban J connectivity index is 2.26. The minimum atomic E-state index is -1.18. The number of benzene rings is 2. The van der Waals surface area contributed by atoms with Crippen LogP contribution in [0.25, 0.3) is 10.2 Å². The Morgan fingerprint density at radius 3 is 2.33 bits per heavy atom. The van der Waals surface area contributed by atoms with Crippen molar-refractivity contribution in [3.8, 4) is 11.5 Å². The molecular weight excluding hydrogens is 418 g/mol. The van der Waals surface area contributed by atoms with Gasteiger partial charge in [0.05, 0.1) is 24.4 Å². The predicted molar refractivity (Wildman–Crippen MR) is 106 cm³/mol. The van der Waals surface area contributed by atoms with Crippen LogP contribution in [0.4, 0.5) is 8.78 Å². The van der Waals surface area contributed by atoms with Crippen molar-refractivity contribution in [1.29, 1.82) is 0 Å². The van der Waals surface area contributed by atoms with E-state index in [1.807, 2.05) is 0 Å². The molecule has 0 bridgehead atoms. The summed E-state index contributed by atoms with van der Waals surface area (Å²) in [4.78, 5) is 28.5. The molecule has 3 aromatic rings. The highest BCUT2D eigenvalue weighted by Crippen LogP contribution is 2.27. The molecule has 0 radical (unpaired) electrons. The molecule has 2 aromatic carbocycles. The van der Waals surface area contributed by atoms with Crippen molar-refractivity contribution >= 4 is 33.4 Å². The van der Waals surface area contributed by atoms with Gasteiger partial charge in [-0.15, -0.1) is 0 Å². The monoisotopic (exact) mass is 436 g/mol. The first-order valence-electron chi connectivity index (χ1n) is 8.84. The Kier molecular flexibility index (Phi) is 6.16. The first-order chi connectivity index (χ1) is 14.3. The third-order valence-electron chi connectivity index (χ3n) is 4.47. The second-order valence-corrected chi connectivity index (χ2v) is 7.22. The molecule has 0 aliphatic rings. The lowest BCUT2D eigenvalue weighted by Gasteiger charge is -2.13. The number of hydrogen-bond acceptors (Lipinski definition) is 5. The highest BCUT2D eigenvalue weighted by atomic mass is 32.1. The van der Waals surface area contributed by atoms with Gasteiger partial charge in [-0.1, -0.05) is 18.3 Å². The minimum absolute atomic E-state index is 0.0597. The Hall–Kier alpha value is -3.27. The smallest absolute Gasteiger partial charge is 0.326 e. The van der Waals surface area contributed by atoms with E-state index in [1.165, 1.54) is 37.0 Å². The first-order valence-corrected chi connectivity index (χ1v) is 9.66. The van der Waals surface area contributed by atoms with Gasteiger partial charge in [-0.25, -0.2) is 13.6 Å². The summed E-state index contributed by atoms with van der Waals surface area (Å²) < 4.78 is 39.4. The number of hydrogen-bond donors (Lipinski definition) is 1. The third kappa shape index (κ3) is 3.90. The van der Waals surface area contributed by atoms with Crippen molar-refractivity contribution in [3.05, 3.63) is 52.3 Å². The second-order valence-electron chi connectivity index (χ2n) is 6.24. The van der Waals surface area contributed by atoms with Crippen molar-refractivity contribution in [2.45, 2.75) is 19.4 Å². The normalized spacial score (nSPS) is 12.8. The molecule has 7 nitrogen and oxygen atoms in total. The van der Waals surface area contributed by atoms with E-state index in [2.05, 4.69) is 4.99 Å². The molecule has 30 heavy (non-hydrogen) atoms. The molecule has 1 heterocycles. The van der Waals surface area contributed by atoms with Gasteiger partial charge in [0, 0.05) is 11.6 Å². The van der Waals surface area contributed by atoms with Crippen molar-refractivity contribution in [2.75, 3.05) is 14.2 Å². The average molecular weight is 436 g/mol. The number of amides is 1. The van der Waals surface area contributed by atoms with E-state index >= 15 is 0 Å². The molecule has 0 saturated carbocycles. The summed E-state index contributed by atoms with van der Waals surface area (Å²) in [6, 6.07) is 5.53. The summed E-state index contributed by atoms with van der Waals surface area (Å²) in [6.45, 7) is 1.63. The van der Waals surface area contributed by atoms with Crippen LogP contribution in [0.15, 0.2) is 35.3 Å². The highest BCUT2D eigenvalue weighted by molar-refractivity contribution is 7.16. The molecule has 1 atom stereocenters. The lowest BCUT2D eigenvalue weighted by Crippen LogP contribution is -2.27. The van der Waals surface area contributed by atoms with E-state index in [0.717, 1.165) is 6.07 Å². The van der Waals surface area contributed by atoms with E-state index < -0.39 is 29.6 Å². The second kappa shape index (κ2) is 8.62. The summed E-state index contributed by atoms with van der Waals surface area (Å²) in [5, 5.41) is 9.60. The number of carbonyl (C=O) groups is 2. The van der Waals surface area contributed by atoms with E-state index in [9.17, 15) is 23.5 Å². The molecule has 0 saturated heterocycles. The zero-order valence-corrected chi connectivity index (χ0v) is 17.1. The summed E-state index contributed by atoms with van der Waals surface area (Å²) >= 11 is 0.703. The number of carboxylic acids is 1. The van der Waals surface area contributed by atoms with Crippen LogP contribution in [-0.2, 0) is 4.79 Å². The van der Waals surface area contributed by atoms with E-state index in [-0.39, 0.29) is 27.0 Å². The molecule has 0 aliphatic carbocycles. The van der Waals surface area contributed by atoms with Gasteiger partial charge in [-0.3, -0.25) is 4.79 Å². The number of aromatic nitrogens is 1. The number of halogens is 2. The van der Waals surface area contributed by atoms with Crippen LogP contribution in [0.2, 0.25) is 0 Å². The fourth-order valence-corrected chi connectivity index (χ4v) is 4.07. The van der Waals surface area contributed by atoms with Gasteiger partial charge in [-0.2, -0.15) is 4.99 Å². The number of rotatable bonds is 6. The van der Waals surface area contributed by atoms with E-state index in [1.54, 1.807) is 13.0 Å². The van der Waals surface area contributed by atoms with Crippen LogP contribution in [0, 0.1) is 11.6 Å². The molecule has 0 spiro atoms. The highest BCUT2D eigenvalue weighted by Gasteiger charge is 2.24. The Morgan fingerprint density at radius 2 is 1.80 bits per heavy atom. The molecule has 0 fully saturated rings. The van der Waals surface area contributed by atoms with Crippen molar-refractivity contribution in [3.63, 3.8) is 0 Å². The van der Waals surface area contributed by atoms with Gasteiger partial charge in [0.25, 0.3) is 5.91 Å².